The van der Waals surface area contributed by atoms with Crippen LogP contribution in [0, 0.1) is 0 Å². The molecule has 0 atom stereocenters. The van der Waals surface area contributed by atoms with Crippen molar-refractivity contribution in [2.24, 2.45) is 0 Å². The highest BCUT2D eigenvalue weighted by atomic mass is 35.5. The van der Waals surface area contributed by atoms with Crippen LogP contribution >= 0.6 is 11.6 Å². The first-order chi connectivity index (χ1) is 10.7. The minimum Gasteiger partial charge on any atom is -0.326 e. The predicted octanol–water partition coefficient (Wildman–Crippen LogP) is 6.78. The van der Waals surface area contributed by atoms with E-state index in [1.165, 1.54) is 108 Å². The highest BCUT2D eigenvalue weighted by molar-refractivity contribution is 6.17. The first-order valence-corrected chi connectivity index (χ1v) is 10.6. The van der Waals surface area contributed by atoms with Crippen LogP contribution < -0.4 is 0 Å². The lowest BCUT2D eigenvalue weighted by molar-refractivity contribution is -0.910. The minimum atomic E-state index is 0.820. The molecular weight excluding hydrogens is 290 g/mol. The smallest absolute Gasteiger partial charge is 0.0796 e. The molecule has 0 bridgehead atoms. The number of hydrogen-bond donors (Lipinski definition) is 0. The summed E-state index contributed by atoms with van der Waals surface area (Å²) >= 11 is 5.93. The maximum Gasteiger partial charge on any atom is 0.0796 e. The van der Waals surface area contributed by atoms with Crippen LogP contribution in [0.3, 0.4) is 0 Å². The van der Waals surface area contributed by atoms with Gasteiger partial charge in [0.2, 0.25) is 0 Å². The summed E-state index contributed by atoms with van der Waals surface area (Å²) in [5.74, 6) is 0.820. The molecule has 0 rings (SSSR count). The standard InChI is InChI=1S/C20H43ClN/c1-4-6-8-10-12-14-18-22(3,20-16-17-21)19-15-13-11-9-7-5-2/h4-20H2,1-3H3/q+1. The van der Waals surface area contributed by atoms with Crippen molar-refractivity contribution in [2.45, 2.75) is 97.3 Å². The SMILES string of the molecule is CCCCCCCC[N+](C)(CCCCl)CCCCCCCC. The van der Waals surface area contributed by atoms with Crippen molar-refractivity contribution in [3.05, 3.63) is 0 Å². The Morgan fingerprint density at radius 3 is 1.32 bits per heavy atom. The molecule has 0 aliphatic rings. The van der Waals surface area contributed by atoms with E-state index in [2.05, 4.69) is 20.9 Å². The number of alkyl halides is 1. The van der Waals surface area contributed by atoms with E-state index in [9.17, 15) is 0 Å². The second kappa shape index (κ2) is 16.1. The van der Waals surface area contributed by atoms with Crippen LogP contribution in [0.4, 0.5) is 0 Å². The molecule has 0 saturated heterocycles. The number of quaternary nitrogens is 1. The molecule has 22 heavy (non-hydrogen) atoms. The Morgan fingerprint density at radius 2 is 0.909 bits per heavy atom. The van der Waals surface area contributed by atoms with Gasteiger partial charge in [0.15, 0.2) is 0 Å². The summed E-state index contributed by atoms with van der Waals surface area (Å²) in [6, 6.07) is 0. The van der Waals surface area contributed by atoms with Crippen molar-refractivity contribution >= 4 is 11.6 Å². The zero-order valence-corrected chi connectivity index (χ0v) is 16.6. The third-order valence-corrected chi connectivity index (χ3v) is 5.20. The molecule has 0 unspecified atom stereocenters. The second-order valence-electron chi connectivity index (χ2n) is 7.37. The monoisotopic (exact) mass is 332 g/mol. The van der Waals surface area contributed by atoms with Crippen LogP contribution in [0.2, 0.25) is 0 Å². The fourth-order valence-electron chi connectivity index (χ4n) is 3.32. The fourth-order valence-corrected chi connectivity index (χ4v) is 3.44. The Kier molecular flexibility index (Phi) is 16.3. The van der Waals surface area contributed by atoms with Crippen molar-refractivity contribution in [3.8, 4) is 0 Å². The summed E-state index contributed by atoms with van der Waals surface area (Å²) in [5.41, 5.74) is 0. The van der Waals surface area contributed by atoms with E-state index < -0.39 is 0 Å². The maximum absolute atomic E-state index is 5.93. The normalized spacial score (nSPS) is 12.0. The van der Waals surface area contributed by atoms with E-state index in [4.69, 9.17) is 11.6 Å². The van der Waals surface area contributed by atoms with Gasteiger partial charge in [-0.05, 0) is 25.7 Å². The van der Waals surface area contributed by atoms with E-state index in [1.54, 1.807) is 0 Å². The molecule has 0 aromatic heterocycles. The van der Waals surface area contributed by atoms with E-state index in [0.29, 0.717) is 0 Å². The van der Waals surface area contributed by atoms with Crippen molar-refractivity contribution in [1.82, 2.24) is 0 Å². The van der Waals surface area contributed by atoms with Gasteiger partial charge < -0.3 is 4.48 Å². The highest BCUT2D eigenvalue weighted by Crippen LogP contribution is 2.14. The van der Waals surface area contributed by atoms with Crippen LogP contribution in [0.25, 0.3) is 0 Å². The van der Waals surface area contributed by atoms with Gasteiger partial charge in [0.05, 0.1) is 26.7 Å². The Balaban J connectivity index is 3.84. The number of hydrogen-bond acceptors (Lipinski definition) is 0. The van der Waals surface area contributed by atoms with Crippen LogP contribution in [-0.2, 0) is 0 Å². The molecule has 0 aliphatic heterocycles. The summed E-state index contributed by atoms with van der Waals surface area (Å²) in [7, 11) is 2.46. The first-order valence-electron chi connectivity index (χ1n) is 10.1. The van der Waals surface area contributed by atoms with Gasteiger partial charge >= 0.3 is 0 Å². The van der Waals surface area contributed by atoms with Gasteiger partial charge in [0, 0.05) is 12.3 Å². The molecule has 0 spiro atoms. The maximum atomic E-state index is 5.93. The topological polar surface area (TPSA) is 0 Å². The van der Waals surface area contributed by atoms with Crippen molar-refractivity contribution in [2.75, 3.05) is 32.6 Å². The van der Waals surface area contributed by atoms with Gasteiger partial charge in [-0.2, -0.15) is 0 Å². The third kappa shape index (κ3) is 13.9. The fraction of sp³-hybridized carbons (Fsp3) is 1.00. The number of unbranched alkanes of at least 4 members (excludes halogenated alkanes) is 10. The predicted molar refractivity (Wildman–Crippen MR) is 103 cm³/mol. The molecule has 1 nitrogen and oxygen atoms in total. The van der Waals surface area contributed by atoms with Crippen molar-refractivity contribution < 1.29 is 4.48 Å². The summed E-state index contributed by atoms with van der Waals surface area (Å²) in [6.45, 7) is 8.57. The summed E-state index contributed by atoms with van der Waals surface area (Å²) < 4.78 is 1.26. The molecule has 0 heterocycles. The molecule has 0 amide bonds. The van der Waals surface area contributed by atoms with E-state index in [1.807, 2.05) is 0 Å². The third-order valence-electron chi connectivity index (χ3n) is 4.93. The molecule has 0 aliphatic carbocycles. The van der Waals surface area contributed by atoms with Gasteiger partial charge in [-0.15, -0.1) is 11.6 Å². The molecule has 0 N–H and O–H groups in total. The van der Waals surface area contributed by atoms with E-state index in [-0.39, 0.29) is 0 Å². The highest BCUT2D eigenvalue weighted by Gasteiger charge is 2.19. The number of rotatable bonds is 17. The molecule has 134 valence electrons. The van der Waals surface area contributed by atoms with E-state index >= 15 is 0 Å². The van der Waals surface area contributed by atoms with E-state index in [0.717, 1.165) is 5.88 Å². The molecule has 0 aromatic carbocycles. The van der Waals surface area contributed by atoms with Crippen molar-refractivity contribution in [1.29, 1.82) is 0 Å². The Labute approximate surface area is 146 Å². The largest absolute Gasteiger partial charge is 0.326 e. The Bertz CT molecular complexity index is 202. The lowest BCUT2D eigenvalue weighted by atomic mass is 10.1. The second-order valence-corrected chi connectivity index (χ2v) is 7.75. The molecule has 0 saturated carbocycles. The molecule has 0 radical (unpaired) electrons. The van der Waals surface area contributed by atoms with Crippen LogP contribution in [0.1, 0.15) is 97.3 Å². The summed E-state index contributed by atoms with van der Waals surface area (Å²) in [4.78, 5) is 0. The quantitative estimate of drug-likeness (QED) is 0.156. The van der Waals surface area contributed by atoms with Crippen LogP contribution in [0.15, 0.2) is 0 Å². The van der Waals surface area contributed by atoms with Gasteiger partial charge in [0.25, 0.3) is 0 Å². The molecule has 0 aromatic rings. The number of nitrogens with zero attached hydrogens (tertiary/aromatic N) is 1. The summed E-state index contributed by atoms with van der Waals surface area (Å²) in [5, 5.41) is 0. The van der Waals surface area contributed by atoms with Crippen molar-refractivity contribution in [3.63, 3.8) is 0 Å². The van der Waals surface area contributed by atoms with Gasteiger partial charge in [0.1, 0.15) is 0 Å². The minimum absolute atomic E-state index is 0.820. The van der Waals surface area contributed by atoms with Crippen LogP contribution in [-0.4, -0.2) is 37.0 Å². The zero-order valence-electron chi connectivity index (χ0n) is 15.8. The van der Waals surface area contributed by atoms with Gasteiger partial charge in [-0.3, -0.25) is 0 Å². The average Bonchev–Trinajstić information content (AvgIpc) is 2.52. The Morgan fingerprint density at radius 1 is 0.545 bits per heavy atom. The zero-order chi connectivity index (χ0) is 16.5. The van der Waals surface area contributed by atoms with Gasteiger partial charge in [-0.25, -0.2) is 0 Å². The average molecular weight is 333 g/mol. The lowest BCUT2D eigenvalue weighted by Crippen LogP contribution is -2.46. The first kappa shape index (κ1) is 22.2. The van der Waals surface area contributed by atoms with Gasteiger partial charge in [-0.1, -0.05) is 65.2 Å². The Hall–Kier alpha value is 0.250. The molecule has 0 fully saturated rings. The summed E-state index contributed by atoms with van der Waals surface area (Å²) in [6.07, 6.45) is 18.1. The molecular formula is C20H43ClN+. The van der Waals surface area contributed by atoms with Crippen LogP contribution in [0.5, 0.6) is 0 Å². The molecule has 2 heteroatoms. The number of halogens is 1. The lowest BCUT2D eigenvalue weighted by Gasteiger charge is -2.35.